The zero-order valence-electron chi connectivity index (χ0n) is 17.8. The molecule has 0 unspecified atom stereocenters. The molecule has 0 amide bonds. The van der Waals surface area contributed by atoms with Gasteiger partial charge < -0.3 is 5.11 Å². The molecule has 0 saturated carbocycles. The van der Waals surface area contributed by atoms with E-state index < -0.39 is 29.4 Å². The Balaban J connectivity index is 1.86. The molecule has 0 bridgehead atoms. The lowest BCUT2D eigenvalue weighted by Crippen LogP contribution is -2.05. The van der Waals surface area contributed by atoms with Crippen LogP contribution >= 0.6 is 0 Å². The smallest absolute Gasteiger partial charge is 0.416 e. The van der Waals surface area contributed by atoms with Gasteiger partial charge in [-0.1, -0.05) is 24.3 Å². The SMILES string of the molecule is O=C(O)/C(=C/n1nc(-c2ccc(C(F)(F)F)cc2)nc1-c1ccc(C(F)(F)F)cc1)c1cncnc1. The van der Waals surface area contributed by atoms with Crippen molar-refractivity contribution in [2.45, 2.75) is 12.4 Å². The Morgan fingerprint density at radius 2 is 1.31 bits per heavy atom. The zero-order chi connectivity index (χ0) is 26.1. The molecule has 7 nitrogen and oxygen atoms in total. The number of carboxylic acid groups (broad SMARTS) is 1. The Kier molecular flexibility index (Phi) is 6.31. The van der Waals surface area contributed by atoms with Crippen molar-refractivity contribution in [3.05, 3.63) is 83.9 Å². The van der Waals surface area contributed by atoms with Gasteiger partial charge in [0, 0.05) is 35.3 Å². The van der Waals surface area contributed by atoms with Crippen LogP contribution in [0.3, 0.4) is 0 Å². The summed E-state index contributed by atoms with van der Waals surface area (Å²) in [5.41, 5.74) is -1.70. The van der Waals surface area contributed by atoms with Crippen molar-refractivity contribution < 1.29 is 36.2 Å². The fraction of sp³-hybridized carbons (Fsp3) is 0.0870. The highest BCUT2D eigenvalue weighted by molar-refractivity contribution is 6.19. The van der Waals surface area contributed by atoms with E-state index in [0.29, 0.717) is 0 Å². The van der Waals surface area contributed by atoms with Crippen molar-refractivity contribution in [3.63, 3.8) is 0 Å². The molecule has 184 valence electrons. The maximum Gasteiger partial charge on any atom is 0.416 e. The molecule has 0 fully saturated rings. The van der Waals surface area contributed by atoms with Crippen LogP contribution in [-0.2, 0) is 17.1 Å². The number of aliphatic carboxylic acids is 1. The Hall–Kier alpha value is -4.55. The van der Waals surface area contributed by atoms with E-state index in [4.69, 9.17) is 0 Å². The van der Waals surface area contributed by atoms with Crippen LogP contribution in [0.2, 0.25) is 0 Å². The lowest BCUT2D eigenvalue weighted by molar-refractivity contribution is -0.138. The van der Waals surface area contributed by atoms with E-state index in [2.05, 4.69) is 20.1 Å². The van der Waals surface area contributed by atoms with Crippen LogP contribution in [0.4, 0.5) is 26.3 Å². The van der Waals surface area contributed by atoms with Gasteiger partial charge in [-0.05, 0) is 24.3 Å². The molecule has 4 aromatic rings. The van der Waals surface area contributed by atoms with E-state index in [1.54, 1.807) is 0 Å². The van der Waals surface area contributed by atoms with Crippen LogP contribution < -0.4 is 0 Å². The summed E-state index contributed by atoms with van der Waals surface area (Å²) in [6.45, 7) is 0. The number of aromatic nitrogens is 5. The fourth-order valence-corrected chi connectivity index (χ4v) is 3.16. The number of hydrogen-bond donors (Lipinski definition) is 1. The van der Waals surface area contributed by atoms with Crippen LogP contribution in [0.1, 0.15) is 16.7 Å². The van der Waals surface area contributed by atoms with Gasteiger partial charge in [0.1, 0.15) is 6.33 Å². The van der Waals surface area contributed by atoms with Gasteiger partial charge in [-0.2, -0.15) is 26.3 Å². The molecule has 2 aromatic carbocycles. The van der Waals surface area contributed by atoms with Gasteiger partial charge in [0.2, 0.25) is 0 Å². The lowest BCUT2D eigenvalue weighted by atomic mass is 10.1. The van der Waals surface area contributed by atoms with Crippen molar-refractivity contribution >= 4 is 17.7 Å². The summed E-state index contributed by atoms with van der Waals surface area (Å²) in [5, 5.41) is 13.9. The molecule has 36 heavy (non-hydrogen) atoms. The molecule has 4 rings (SSSR count). The number of nitrogens with zero attached hydrogens (tertiary/aromatic N) is 5. The first kappa shape index (κ1) is 24.6. The fourth-order valence-electron chi connectivity index (χ4n) is 3.16. The molecule has 0 radical (unpaired) electrons. The van der Waals surface area contributed by atoms with Gasteiger partial charge in [0.15, 0.2) is 11.6 Å². The highest BCUT2D eigenvalue weighted by atomic mass is 19.4. The predicted molar refractivity (Wildman–Crippen MR) is 115 cm³/mol. The number of benzene rings is 2. The number of halogens is 6. The van der Waals surface area contributed by atoms with Crippen LogP contribution in [0, 0.1) is 0 Å². The van der Waals surface area contributed by atoms with Crippen LogP contribution in [-0.4, -0.2) is 35.8 Å². The standard InChI is InChI=1S/C23H13F6N5O2/c24-22(25,26)16-5-1-13(2-6-16)19-32-20(14-3-7-17(8-4-14)23(27,28)29)34(33-19)11-18(21(35)36)15-9-30-12-31-10-15/h1-12H,(H,35,36)/b18-11+. The molecule has 0 atom stereocenters. The molecular formula is C23H13F6N5O2. The summed E-state index contributed by atoms with van der Waals surface area (Å²) in [7, 11) is 0. The maximum atomic E-state index is 13.0. The third-order valence-electron chi connectivity index (χ3n) is 4.93. The van der Waals surface area contributed by atoms with E-state index in [0.717, 1.165) is 59.4 Å². The van der Waals surface area contributed by atoms with Crippen molar-refractivity contribution in [2.75, 3.05) is 0 Å². The first-order valence-corrected chi connectivity index (χ1v) is 9.96. The van der Waals surface area contributed by atoms with Gasteiger partial charge in [-0.3, -0.25) is 0 Å². The Bertz CT molecular complexity index is 1410. The zero-order valence-corrected chi connectivity index (χ0v) is 17.8. The number of rotatable bonds is 5. The van der Waals surface area contributed by atoms with Gasteiger partial charge in [0.05, 0.1) is 16.7 Å². The maximum absolute atomic E-state index is 13.0. The summed E-state index contributed by atoms with van der Waals surface area (Å²) in [6.07, 6.45) is -4.42. The van der Waals surface area contributed by atoms with Crippen LogP contribution in [0.5, 0.6) is 0 Å². The van der Waals surface area contributed by atoms with E-state index in [-0.39, 0.29) is 33.9 Å². The second-order valence-corrected chi connectivity index (χ2v) is 7.33. The number of carbonyl (C=O) groups is 1. The first-order valence-electron chi connectivity index (χ1n) is 9.96. The molecule has 13 heteroatoms. The largest absolute Gasteiger partial charge is 0.478 e. The van der Waals surface area contributed by atoms with Gasteiger partial charge in [-0.25, -0.2) is 24.4 Å². The van der Waals surface area contributed by atoms with E-state index in [1.807, 2.05) is 0 Å². The van der Waals surface area contributed by atoms with Crippen LogP contribution in [0.15, 0.2) is 67.3 Å². The minimum absolute atomic E-state index is 0.0470. The van der Waals surface area contributed by atoms with Gasteiger partial charge >= 0.3 is 18.3 Å². The monoisotopic (exact) mass is 505 g/mol. The average molecular weight is 505 g/mol. The van der Waals surface area contributed by atoms with Gasteiger partial charge in [-0.15, -0.1) is 5.10 Å². The molecule has 0 aliphatic heterocycles. The first-order chi connectivity index (χ1) is 16.9. The summed E-state index contributed by atoms with van der Waals surface area (Å²) in [4.78, 5) is 23.7. The van der Waals surface area contributed by atoms with Crippen molar-refractivity contribution in [1.29, 1.82) is 0 Å². The molecule has 0 aliphatic rings. The predicted octanol–water partition coefficient (Wildman–Crippen LogP) is 5.52. The Labute approximate surface area is 198 Å². The summed E-state index contributed by atoms with van der Waals surface area (Å²) in [5.74, 6) is -1.51. The molecule has 0 saturated heterocycles. The average Bonchev–Trinajstić information content (AvgIpc) is 3.26. The third-order valence-corrected chi connectivity index (χ3v) is 4.93. The quantitative estimate of drug-likeness (QED) is 0.284. The van der Waals surface area contributed by atoms with E-state index in [1.165, 1.54) is 18.7 Å². The summed E-state index contributed by atoms with van der Waals surface area (Å²) >= 11 is 0. The second kappa shape index (κ2) is 9.24. The minimum atomic E-state index is -4.58. The number of hydrogen-bond acceptors (Lipinski definition) is 5. The van der Waals surface area contributed by atoms with Gasteiger partial charge in [0.25, 0.3) is 0 Å². The highest BCUT2D eigenvalue weighted by Crippen LogP contribution is 2.33. The van der Waals surface area contributed by atoms with Crippen molar-refractivity contribution in [1.82, 2.24) is 24.7 Å². The van der Waals surface area contributed by atoms with E-state index in [9.17, 15) is 36.2 Å². The second-order valence-electron chi connectivity index (χ2n) is 7.33. The molecule has 2 aromatic heterocycles. The Morgan fingerprint density at radius 1 is 0.806 bits per heavy atom. The van der Waals surface area contributed by atoms with Crippen molar-refractivity contribution in [3.8, 4) is 22.8 Å². The van der Waals surface area contributed by atoms with Crippen molar-refractivity contribution in [2.24, 2.45) is 0 Å². The topological polar surface area (TPSA) is 93.8 Å². The normalized spacial score (nSPS) is 12.6. The molecule has 2 heterocycles. The Morgan fingerprint density at radius 3 is 1.78 bits per heavy atom. The van der Waals surface area contributed by atoms with E-state index >= 15 is 0 Å². The number of carboxylic acids is 1. The minimum Gasteiger partial charge on any atom is -0.478 e. The third kappa shape index (κ3) is 5.24. The molecule has 1 N–H and O–H groups in total. The summed E-state index contributed by atoms with van der Waals surface area (Å²) in [6, 6.07) is 7.80. The molecule has 0 spiro atoms. The molecule has 0 aliphatic carbocycles. The van der Waals surface area contributed by atoms with Crippen LogP contribution in [0.25, 0.3) is 34.5 Å². The lowest BCUT2D eigenvalue weighted by Gasteiger charge is -2.08. The summed E-state index contributed by atoms with van der Waals surface area (Å²) < 4.78 is 78.8. The molecular weight excluding hydrogens is 492 g/mol. The highest BCUT2D eigenvalue weighted by Gasteiger charge is 2.31. The number of alkyl halides is 6.